The molecule has 0 aliphatic rings. The Bertz CT molecular complexity index is 571. The predicted octanol–water partition coefficient (Wildman–Crippen LogP) is 2.55. The minimum Gasteiger partial charge on any atom is -0.378 e. The Morgan fingerprint density at radius 2 is 2.15 bits per heavy atom. The van der Waals surface area contributed by atoms with E-state index in [1.807, 2.05) is 26.2 Å². The van der Waals surface area contributed by atoms with Crippen molar-refractivity contribution in [1.29, 1.82) is 0 Å². The molecule has 2 aromatic rings. The molecule has 5 heteroatoms. The minimum atomic E-state index is 0.00907. The fraction of sp³-hybridized carbons (Fsp3) is 0.267. The van der Waals surface area contributed by atoms with Crippen LogP contribution in [0.1, 0.15) is 17.2 Å². The van der Waals surface area contributed by atoms with E-state index in [1.165, 1.54) is 0 Å². The van der Waals surface area contributed by atoms with Gasteiger partial charge in [0.2, 0.25) is 0 Å². The van der Waals surface area contributed by atoms with Crippen molar-refractivity contribution in [3.8, 4) is 0 Å². The molecule has 0 saturated carbocycles. The number of hydrazine groups is 1. The van der Waals surface area contributed by atoms with Gasteiger partial charge in [0.25, 0.3) is 0 Å². The largest absolute Gasteiger partial charge is 0.378 e. The molecule has 4 nitrogen and oxygen atoms in total. The molecule has 1 heterocycles. The van der Waals surface area contributed by atoms with E-state index in [4.69, 9.17) is 17.4 Å². The van der Waals surface area contributed by atoms with E-state index in [2.05, 4.69) is 33.5 Å². The number of halogens is 1. The SMILES string of the molecule is CN(C)c1cccc(C(Cc2ccncc2Cl)NN)c1. The summed E-state index contributed by atoms with van der Waals surface area (Å²) in [4.78, 5) is 6.06. The van der Waals surface area contributed by atoms with Gasteiger partial charge in [0, 0.05) is 32.2 Å². The summed E-state index contributed by atoms with van der Waals surface area (Å²) in [6.07, 6.45) is 4.11. The average molecular weight is 291 g/mol. The molecule has 0 bridgehead atoms. The van der Waals surface area contributed by atoms with Crippen LogP contribution in [0.5, 0.6) is 0 Å². The second kappa shape index (κ2) is 6.70. The molecule has 0 radical (unpaired) electrons. The molecular weight excluding hydrogens is 272 g/mol. The van der Waals surface area contributed by atoms with Crippen LogP contribution >= 0.6 is 11.6 Å². The third-order valence-corrected chi connectivity index (χ3v) is 3.61. The number of pyridine rings is 1. The Morgan fingerprint density at radius 3 is 2.80 bits per heavy atom. The lowest BCUT2D eigenvalue weighted by molar-refractivity contribution is 0.552. The van der Waals surface area contributed by atoms with Crippen LogP contribution in [0.3, 0.4) is 0 Å². The smallest absolute Gasteiger partial charge is 0.0622 e. The summed E-state index contributed by atoms with van der Waals surface area (Å²) in [7, 11) is 4.04. The van der Waals surface area contributed by atoms with Crippen molar-refractivity contribution in [3.05, 3.63) is 58.9 Å². The van der Waals surface area contributed by atoms with Crippen molar-refractivity contribution in [2.24, 2.45) is 5.84 Å². The first-order valence-corrected chi connectivity index (χ1v) is 6.81. The quantitative estimate of drug-likeness (QED) is 0.656. The summed E-state index contributed by atoms with van der Waals surface area (Å²) in [5.74, 6) is 5.71. The van der Waals surface area contributed by atoms with Crippen LogP contribution in [0.25, 0.3) is 0 Å². The molecule has 3 N–H and O–H groups in total. The highest BCUT2D eigenvalue weighted by atomic mass is 35.5. The third-order valence-electron chi connectivity index (χ3n) is 3.27. The third kappa shape index (κ3) is 3.48. The van der Waals surface area contributed by atoms with Crippen LogP contribution in [0.15, 0.2) is 42.7 Å². The molecule has 0 amide bonds. The maximum absolute atomic E-state index is 6.16. The molecule has 2 rings (SSSR count). The second-order valence-corrected chi connectivity index (χ2v) is 5.29. The Morgan fingerprint density at radius 1 is 1.35 bits per heavy atom. The summed E-state index contributed by atoms with van der Waals surface area (Å²) in [6, 6.07) is 10.2. The number of nitrogens with two attached hydrogens (primary N) is 1. The molecule has 1 aromatic carbocycles. The topological polar surface area (TPSA) is 54.2 Å². The summed E-state index contributed by atoms with van der Waals surface area (Å²) in [6.45, 7) is 0. The molecule has 0 saturated heterocycles. The standard InChI is InChI=1S/C15H19ClN4/c1-20(2)13-5-3-4-12(8-13)15(19-17)9-11-6-7-18-10-14(11)16/h3-8,10,15,19H,9,17H2,1-2H3. The van der Waals surface area contributed by atoms with Crippen molar-refractivity contribution in [3.63, 3.8) is 0 Å². The highest BCUT2D eigenvalue weighted by Crippen LogP contribution is 2.24. The van der Waals surface area contributed by atoms with Gasteiger partial charge in [0.15, 0.2) is 0 Å². The predicted molar refractivity (Wildman–Crippen MR) is 83.8 cm³/mol. The van der Waals surface area contributed by atoms with E-state index < -0.39 is 0 Å². The van der Waals surface area contributed by atoms with Crippen LogP contribution < -0.4 is 16.2 Å². The van der Waals surface area contributed by atoms with Crippen LogP contribution in [0, 0.1) is 0 Å². The summed E-state index contributed by atoms with van der Waals surface area (Å²) < 4.78 is 0. The van der Waals surface area contributed by atoms with E-state index in [1.54, 1.807) is 12.4 Å². The Kier molecular flexibility index (Phi) is 4.95. The van der Waals surface area contributed by atoms with E-state index in [0.29, 0.717) is 11.4 Å². The number of hydrogen-bond donors (Lipinski definition) is 2. The van der Waals surface area contributed by atoms with Crippen LogP contribution in [0.4, 0.5) is 5.69 Å². The van der Waals surface area contributed by atoms with Gasteiger partial charge < -0.3 is 4.90 Å². The van der Waals surface area contributed by atoms with Crippen molar-refractivity contribution in [1.82, 2.24) is 10.4 Å². The average Bonchev–Trinajstić information content (AvgIpc) is 2.46. The highest BCUT2D eigenvalue weighted by Gasteiger charge is 2.13. The molecule has 1 atom stereocenters. The second-order valence-electron chi connectivity index (χ2n) is 4.88. The van der Waals surface area contributed by atoms with Crippen LogP contribution in [-0.4, -0.2) is 19.1 Å². The van der Waals surface area contributed by atoms with Gasteiger partial charge in [-0.1, -0.05) is 23.7 Å². The van der Waals surface area contributed by atoms with E-state index >= 15 is 0 Å². The van der Waals surface area contributed by atoms with Gasteiger partial charge in [-0.05, 0) is 35.7 Å². The summed E-state index contributed by atoms with van der Waals surface area (Å²) in [5.41, 5.74) is 6.16. The van der Waals surface area contributed by atoms with E-state index in [0.717, 1.165) is 16.8 Å². The van der Waals surface area contributed by atoms with Crippen molar-refractivity contribution in [2.45, 2.75) is 12.5 Å². The fourth-order valence-electron chi connectivity index (χ4n) is 2.08. The number of nitrogens with zero attached hydrogens (tertiary/aromatic N) is 2. The molecule has 106 valence electrons. The molecule has 0 aliphatic heterocycles. The van der Waals surface area contributed by atoms with Gasteiger partial charge in [-0.2, -0.15) is 0 Å². The molecule has 0 aliphatic carbocycles. The van der Waals surface area contributed by atoms with E-state index in [-0.39, 0.29) is 6.04 Å². The molecule has 20 heavy (non-hydrogen) atoms. The highest BCUT2D eigenvalue weighted by molar-refractivity contribution is 6.31. The lowest BCUT2D eigenvalue weighted by atomic mass is 9.99. The number of nitrogens with one attached hydrogen (secondary N) is 1. The lowest BCUT2D eigenvalue weighted by Gasteiger charge is -2.20. The first-order chi connectivity index (χ1) is 9.61. The number of rotatable bonds is 5. The monoisotopic (exact) mass is 290 g/mol. The Hall–Kier alpha value is -1.62. The van der Waals surface area contributed by atoms with Crippen molar-refractivity contribution < 1.29 is 0 Å². The van der Waals surface area contributed by atoms with Gasteiger partial charge in [-0.3, -0.25) is 16.3 Å². The maximum atomic E-state index is 6.16. The van der Waals surface area contributed by atoms with E-state index in [9.17, 15) is 0 Å². The summed E-state index contributed by atoms with van der Waals surface area (Å²) >= 11 is 6.16. The lowest BCUT2D eigenvalue weighted by Crippen LogP contribution is -2.29. The number of benzene rings is 1. The first-order valence-electron chi connectivity index (χ1n) is 6.43. The molecular formula is C15H19ClN4. The first kappa shape index (κ1) is 14.8. The molecule has 1 aromatic heterocycles. The molecule has 0 spiro atoms. The Balaban J connectivity index is 2.24. The zero-order valence-electron chi connectivity index (χ0n) is 11.7. The normalized spacial score (nSPS) is 12.2. The molecule has 1 unspecified atom stereocenters. The number of anilines is 1. The fourth-order valence-corrected chi connectivity index (χ4v) is 2.28. The van der Waals surface area contributed by atoms with Gasteiger partial charge >= 0.3 is 0 Å². The van der Waals surface area contributed by atoms with Gasteiger partial charge in [-0.15, -0.1) is 0 Å². The van der Waals surface area contributed by atoms with Gasteiger partial charge in [0.05, 0.1) is 11.1 Å². The van der Waals surface area contributed by atoms with Crippen molar-refractivity contribution >= 4 is 17.3 Å². The zero-order valence-corrected chi connectivity index (χ0v) is 12.4. The van der Waals surface area contributed by atoms with Gasteiger partial charge in [0.1, 0.15) is 0 Å². The number of hydrogen-bond acceptors (Lipinski definition) is 4. The molecule has 0 fully saturated rings. The van der Waals surface area contributed by atoms with Crippen LogP contribution in [0.2, 0.25) is 5.02 Å². The number of aromatic nitrogens is 1. The van der Waals surface area contributed by atoms with Crippen LogP contribution in [-0.2, 0) is 6.42 Å². The Labute approximate surface area is 124 Å². The summed E-state index contributed by atoms with van der Waals surface area (Å²) in [5, 5.41) is 0.663. The van der Waals surface area contributed by atoms with Crippen molar-refractivity contribution in [2.75, 3.05) is 19.0 Å². The van der Waals surface area contributed by atoms with Gasteiger partial charge in [-0.25, -0.2) is 0 Å². The maximum Gasteiger partial charge on any atom is 0.0622 e. The minimum absolute atomic E-state index is 0.00907. The zero-order chi connectivity index (χ0) is 14.5.